The minimum absolute atomic E-state index is 0.143. The molecule has 0 saturated carbocycles. The maximum absolute atomic E-state index is 10.8. The van der Waals surface area contributed by atoms with Crippen molar-refractivity contribution in [3.63, 3.8) is 0 Å². The standard InChI is InChI=1S/C14H25NO3/c1-6-12(16)18-17-8-7-11-9-13(2,3)15-14(4,5)10-11/h6,11,15H,1,7-10H2,2-5H3. The van der Waals surface area contributed by atoms with Crippen molar-refractivity contribution in [3.05, 3.63) is 12.7 Å². The Morgan fingerprint density at radius 2 is 1.89 bits per heavy atom. The van der Waals surface area contributed by atoms with Crippen LogP contribution in [-0.4, -0.2) is 23.7 Å². The second-order valence-corrected chi connectivity index (χ2v) is 6.38. The van der Waals surface area contributed by atoms with Crippen LogP contribution >= 0.6 is 0 Å². The van der Waals surface area contributed by atoms with Gasteiger partial charge >= 0.3 is 5.97 Å². The molecule has 0 aliphatic carbocycles. The molecule has 0 amide bonds. The third-order valence-corrected chi connectivity index (χ3v) is 3.19. The Morgan fingerprint density at radius 1 is 1.33 bits per heavy atom. The largest absolute Gasteiger partial charge is 0.365 e. The van der Waals surface area contributed by atoms with E-state index in [0.29, 0.717) is 12.5 Å². The molecule has 4 nitrogen and oxygen atoms in total. The zero-order valence-electron chi connectivity index (χ0n) is 11.9. The summed E-state index contributed by atoms with van der Waals surface area (Å²) in [7, 11) is 0. The van der Waals surface area contributed by atoms with E-state index in [4.69, 9.17) is 4.89 Å². The lowest BCUT2D eigenvalue weighted by molar-refractivity contribution is -0.269. The predicted octanol–water partition coefficient (Wildman–Crippen LogP) is 2.59. The van der Waals surface area contributed by atoms with E-state index in [9.17, 15) is 4.79 Å². The Kier molecular flexibility index (Phi) is 4.93. The zero-order valence-corrected chi connectivity index (χ0v) is 11.9. The number of piperidine rings is 1. The highest BCUT2D eigenvalue weighted by Crippen LogP contribution is 2.34. The molecular formula is C14H25NO3. The van der Waals surface area contributed by atoms with Gasteiger partial charge in [-0.25, -0.2) is 4.79 Å². The highest BCUT2D eigenvalue weighted by atomic mass is 17.2. The van der Waals surface area contributed by atoms with Gasteiger partial charge in [-0.1, -0.05) is 6.58 Å². The zero-order chi connectivity index (χ0) is 13.8. The van der Waals surface area contributed by atoms with Crippen molar-refractivity contribution in [2.45, 2.75) is 58.0 Å². The summed E-state index contributed by atoms with van der Waals surface area (Å²) in [5.41, 5.74) is 0.286. The molecule has 1 fully saturated rings. The molecule has 104 valence electrons. The number of nitrogens with one attached hydrogen (secondary N) is 1. The number of hydrogen-bond acceptors (Lipinski definition) is 4. The number of hydrogen-bond donors (Lipinski definition) is 1. The third-order valence-electron chi connectivity index (χ3n) is 3.19. The van der Waals surface area contributed by atoms with Crippen LogP contribution in [0.25, 0.3) is 0 Å². The molecule has 1 saturated heterocycles. The van der Waals surface area contributed by atoms with E-state index in [1.165, 1.54) is 0 Å². The van der Waals surface area contributed by atoms with Gasteiger partial charge in [-0.2, -0.15) is 4.89 Å². The highest BCUT2D eigenvalue weighted by Gasteiger charge is 2.37. The van der Waals surface area contributed by atoms with Crippen molar-refractivity contribution in [1.82, 2.24) is 5.32 Å². The van der Waals surface area contributed by atoms with Crippen molar-refractivity contribution in [2.75, 3.05) is 6.61 Å². The summed E-state index contributed by atoms with van der Waals surface area (Å²) in [5.74, 6) is 0.0413. The van der Waals surface area contributed by atoms with Crippen LogP contribution in [0.15, 0.2) is 12.7 Å². The van der Waals surface area contributed by atoms with Crippen LogP contribution in [0.3, 0.4) is 0 Å². The minimum atomic E-state index is -0.541. The van der Waals surface area contributed by atoms with Crippen LogP contribution in [0, 0.1) is 5.92 Å². The highest BCUT2D eigenvalue weighted by molar-refractivity contribution is 5.80. The van der Waals surface area contributed by atoms with Gasteiger partial charge in [0.25, 0.3) is 0 Å². The molecule has 0 aromatic heterocycles. The third kappa shape index (κ3) is 5.19. The molecule has 0 spiro atoms. The monoisotopic (exact) mass is 255 g/mol. The van der Waals surface area contributed by atoms with E-state index >= 15 is 0 Å². The number of carbonyl (C=O) groups is 1. The SMILES string of the molecule is C=CC(=O)OOCCC1CC(C)(C)NC(C)(C)C1. The van der Waals surface area contributed by atoms with Crippen LogP contribution in [0.1, 0.15) is 47.0 Å². The molecule has 1 aliphatic rings. The Labute approximate surface area is 110 Å². The molecule has 0 unspecified atom stereocenters. The van der Waals surface area contributed by atoms with Gasteiger partial charge in [0.1, 0.15) is 0 Å². The Morgan fingerprint density at radius 3 is 2.39 bits per heavy atom. The molecule has 1 aliphatic heterocycles. The minimum Gasteiger partial charge on any atom is -0.307 e. The van der Waals surface area contributed by atoms with Gasteiger partial charge in [-0.15, -0.1) is 0 Å². The lowest BCUT2D eigenvalue weighted by Gasteiger charge is -2.46. The van der Waals surface area contributed by atoms with Gasteiger partial charge in [0, 0.05) is 17.2 Å². The molecule has 0 atom stereocenters. The summed E-state index contributed by atoms with van der Waals surface area (Å²) >= 11 is 0. The van der Waals surface area contributed by atoms with Crippen molar-refractivity contribution in [1.29, 1.82) is 0 Å². The van der Waals surface area contributed by atoms with Crippen molar-refractivity contribution < 1.29 is 14.6 Å². The summed E-state index contributed by atoms with van der Waals surface area (Å²) in [6, 6.07) is 0. The normalized spacial score (nSPS) is 22.4. The van der Waals surface area contributed by atoms with E-state index in [1.807, 2.05) is 0 Å². The Bertz CT molecular complexity index is 294. The van der Waals surface area contributed by atoms with Crippen LogP contribution < -0.4 is 5.32 Å². The molecule has 0 aromatic rings. The molecule has 18 heavy (non-hydrogen) atoms. The van der Waals surface area contributed by atoms with Gasteiger partial charge in [0.2, 0.25) is 0 Å². The molecular weight excluding hydrogens is 230 g/mol. The van der Waals surface area contributed by atoms with E-state index in [1.54, 1.807) is 0 Å². The second-order valence-electron chi connectivity index (χ2n) is 6.38. The molecule has 4 heteroatoms. The number of carbonyl (C=O) groups excluding carboxylic acids is 1. The first-order valence-electron chi connectivity index (χ1n) is 6.49. The van der Waals surface area contributed by atoms with E-state index in [-0.39, 0.29) is 11.1 Å². The van der Waals surface area contributed by atoms with Gasteiger partial charge in [0.15, 0.2) is 0 Å². The van der Waals surface area contributed by atoms with Crippen LogP contribution in [-0.2, 0) is 14.6 Å². The van der Waals surface area contributed by atoms with Gasteiger partial charge in [-0.05, 0) is 52.9 Å². The molecule has 0 aromatic carbocycles. The van der Waals surface area contributed by atoms with Gasteiger partial charge in [0.05, 0.1) is 6.61 Å². The van der Waals surface area contributed by atoms with Gasteiger partial charge < -0.3 is 5.32 Å². The lowest BCUT2D eigenvalue weighted by Crippen LogP contribution is -2.57. The number of rotatable bonds is 5. The van der Waals surface area contributed by atoms with Crippen LogP contribution in [0.5, 0.6) is 0 Å². The van der Waals surface area contributed by atoms with Crippen molar-refractivity contribution in [3.8, 4) is 0 Å². The Hall–Kier alpha value is -0.870. The maximum Gasteiger partial charge on any atom is 0.365 e. The summed E-state index contributed by atoms with van der Waals surface area (Å²) in [4.78, 5) is 20.2. The average molecular weight is 255 g/mol. The van der Waals surface area contributed by atoms with Crippen LogP contribution in [0.2, 0.25) is 0 Å². The van der Waals surface area contributed by atoms with Crippen molar-refractivity contribution >= 4 is 5.97 Å². The summed E-state index contributed by atoms with van der Waals surface area (Å²) in [6.07, 6.45) is 4.21. The summed E-state index contributed by atoms with van der Waals surface area (Å²) < 4.78 is 0. The van der Waals surface area contributed by atoms with Crippen molar-refractivity contribution in [2.24, 2.45) is 5.92 Å². The fourth-order valence-corrected chi connectivity index (χ4v) is 3.09. The summed E-state index contributed by atoms with van der Waals surface area (Å²) in [6.45, 7) is 12.6. The molecule has 1 rings (SSSR count). The lowest BCUT2D eigenvalue weighted by atomic mass is 9.75. The topological polar surface area (TPSA) is 47.6 Å². The van der Waals surface area contributed by atoms with E-state index < -0.39 is 5.97 Å². The van der Waals surface area contributed by atoms with E-state index in [0.717, 1.165) is 25.3 Å². The Balaban J connectivity index is 2.33. The smallest absolute Gasteiger partial charge is 0.307 e. The second kappa shape index (κ2) is 5.85. The van der Waals surface area contributed by atoms with Crippen LogP contribution in [0.4, 0.5) is 0 Å². The fourth-order valence-electron chi connectivity index (χ4n) is 3.09. The first-order chi connectivity index (χ1) is 8.24. The van der Waals surface area contributed by atoms with E-state index in [2.05, 4.69) is 44.5 Å². The summed E-state index contributed by atoms with van der Waals surface area (Å²) in [5, 5.41) is 3.64. The average Bonchev–Trinajstić information content (AvgIpc) is 2.19. The maximum atomic E-state index is 10.8. The molecule has 1 N–H and O–H groups in total. The first kappa shape index (κ1) is 15.2. The predicted molar refractivity (Wildman–Crippen MR) is 70.9 cm³/mol. The first-order valence-corrected chi connectivity index (χ1v) is 6.49. The fraction of sp³-hybridized carbons (Fsp3) is 0.786. The molecule has 0 radical (unpaired) electrons. The molecule has 1 heterocycles. The quantitative estimate of drug-likeness (QED) is 0.355. The van der Waals surface area contributed by atoms with Gasteiger partial charge in [-0.3, -0.25) is 4.89 Å². The molecule has 0 bridgehead atoms.